The summed E-state index contributed by atoms with van der Waals surface area (Å²) in [6.45, 7) is 3.39. The predicted octanol–water partition coefficient (Wildman–Crippen LogP) is 1.86. The molecule has 0 radical (unpaired) electrons. The number of thiazole rings is 1. The maximum atomic E-state index is 12.2. The van der Waals surface area contributed by atoms with Gasteiger partial charge in [0.1, 0.15) is 0 Å². The average Bonchev–Trinajstić information content (AvgIpc) is 2.89. The molecule has 2 N–H and O–H groups in total. The van der Waals surface area contributed by atoms with Crippen LogP contribution < -0.4 is 10.0 Å². The van der Waals surface area contributed by atoms with Crippen LogP contribution in [0.15, 0.2) is 29.2 Å². The van der Waals surface area contributed by atoms with E-state index in [9.17, 15) is 8.42 Å². The van der Waals surface area contributed by atoms with E-state index < -0.39 is 10.0 Å². The molecule has 0 amide bonds. The Balaban J connectivity index is 1.86. The third-order valence-corrected chi connectivity index (χ3v) is 5.41. The van der Waals surface area contributed by atoms with Crippen molar-refractivity contribution in [1.82, 2.24) is 10.3 Å². The molecule has 0 saturated heterocycles. The molecule has 5 nitrogen and oxygen atoms in total. The lowest BCUT2D eigenvalue weighted by Crippen LogP contribution is -2.13. The van der Waals surface area contributed by atoms with Gasteiger partial charge in [-0.3, -0.25) is 4.72 Å². The van der Waals surface area contributed by atoms with E-state index in [4.69, 9.17) is 0 Å². The monoisotopic (exact) mass is 295 g/mol. The van der Waals surface area contributed by atoms with Crippen LogP contribution in [0.25, 0.3) is 0 Å². The number of sulfonamides is 1. The Kier molecular flexibility index (Phi) is 3.04. The fraction of sp³-hybridized carbons (Fsp3) is 0.250. The normalized spacial score (nSPS) is 14.4. The smallest absolute Gasteiger partial charge is 0.263 e. The van der Waals surface area contributed by atoms with Gasteiger partial charge in [0.2, 0.25) is 0 Å². The molecule has 3 rings (SSSR count). The summed E-state index contributed by atoms with van der Waals surface area (Å²) >= 11 is 1.38. The molecule has 0 saturated carbocycles. The third-order valence-electron chi connectivity index (χ3n) is 2.91. The summed E-state index contributed by atoms with van der Waals surface area (Å²) in [4.78, 5) is 5.64. The Hall–Kier alpha value is -1.44. The quantitative estimate of drug-likeness (QED) is 0.906. The molecule has 0 spiro atoms. The van der Waals surface area contributed by atoms with Gasteiger partial charge in [0.25, 0.3) is 10.0 Å². The molecule has 0 unspecified atom stereocenters. The first-order valence-electron chi connectivity index (χ1n) is 5.83. The predicted molar refractivity (Wildman–Crippen MR) is 74.6 cm³/mol. The lowest BCUT2D eigenvalue weighted by atomic mass is 10.2. The van der Waals surface area contributed by atoms with Crippen molar-refractivity contribution >= 4 is 26.5 Å². The van der Waals surface area contributed by atoms with Gasteiger partial charge in [0.15, 0.2) is 5.13 Å². The van der Waals surface area contributed by atoms with E-state index in [2.05, 4.69) is 15.0 Å². The Morgan fingerprint density at radius 1 is 1.26 bits per heavy atom. The van der Waals surface area contributed by atoms with Gasteiger partial charge in [0.05, 0.1) is 10.6 Å². The largest absolute Gasteiger partial charge is 0.306 e. The van der Waals surface area contributed by atoms with Crippen molar-refractivity contribution in [3.8, 4) is 0 Å². The molecule has 1 aliphatic heterocycles. The Labute approximate surface area is 115 Å². The molecule has 7 heteroatoms. The fourth-order valence-electron chi connectivity index (χ4n) is 1.89. The van der Waals surface area contributed by atoms with Crippen molar-refractivity contribution in [2.45, 2.75) is 24.9 Å². The molecule has 19 heavy (non-hydrogen) atoms. The number of nitrogens with zero attached hydrogens (tertiary/aromatic N) is 1. The standard InChI is InChI=1S/C12H13N3O2S2/c1-8-2-4-9(5-3-8)19(16,17)15-12-14-10-6-13-7-11(10)18-12/h2-5,13H,6-7H2,1H3,(H,14,15). The van der Waals surface area contributed by atoms with Crippen LogP contribution in [0.3, 0.4) is 0 Å². The number of aromatic nitrogens is 1. The third kappa shape index (κ3) is 2.49. The van der Waals surface area contributed by atoms with Crippen molar-refractivity contribution in [2.24, 2.45) is 0 Å². The highest BCUT2D eigenvalue weighted by atomic mass is 32.2. The van der Waals surface area contributed by atoms with E-state index in [-0.39, 0.29) is 4.90 Å². The van der Waals surface area contributed by atoms with Crippen LogP contribution in [0.2, 0.25) is 0 Å². The van der Waals surface area contributed by atoms with Gasteiger partial charge < -0.3 is 5.32 Å². The van der Waals surface area contributed by atoms with Crippen molar-refractivity contribution in [1.29, 1.82) is 0 Å². The maximum Gasteiger partial charge on any atom is 0.263 e. The number of hydrogen-bond acceptors (Lipinski definition) is 5. The molecular weight excluding hydrogens is 282 g/mol. The number of nitrogens with one attached hydrogen (secondary N) is 2. The average molecular weight is 295 g/mol. The van der Waals surface area contributed by atoms with E-state index in [0.717, 1.165) is 22.7 Å². The van der Waals surface area contributed by atoms with Crippen molar-refractivity contribution < 1.29 is 8.42 Å². The maximum absolute atomic E-state index is 12.2. The second-order valence-corrected chi connectivity index (χ2v) is 7.18. The van der Waals surface area contributed by atoms with Crippen molar-refractivity contribution in [3.05, 3.63) is 40.4 Å². The Morgan fingerprint density at radius 2 is 2.00 bits per heavy atom. The van der Waals surface area contributed by atoms with Crippen LogP contribution >= 0.6 is 11.3 Å². The molecule has 1 aromatic carbocycles. The molecular formula is C12H13N3O2S2. The minimum Gasteiger partial charge on any atom is -0.306 e. The van der Waals surface area contributed by atoms with Gasteiger partial charge >= 0.3 is 0 Å². The second kappa shape index (κ2) is 4.59. The van der Waals surface area contributed by atoms with Crippen molar-refractivity contribution in [3.63, 3.8) is 0 Å². The van der Waals surface area contributed by atoms with E-state index in [0.29, 0.717) is 11.7 Å². The van der Waals surface area contributed by atoms with Gasteiger partial charge in [-0.05, 0) is 19.1 Å². The number of anilines is 1. The minimum absolute atomic E-state index is 0.256. The lowest BCUT2D eigenvalue weighted by Gasteiger charge is -2.05. The van der Waals surface area contributed by atoms with E-state index in [1.165, 1.54) is 11.3 Å². The first-order chi connectivity index (χ1) is 9.04. The second-order valence-electron chi connectivity index (χ2n) is 4.41. The number of rotatable bonds is 3. The fourth-order valence-corrected chi connectivity index (χ4v) is 4.07. The molecule has 2 heterocycles. The zero-order valence-corrected chi connectivity index (χ0v) is 11.9. The summed E-state index contributed by atoms with van der Waals surface area (Å²) in [7, 11) is -3.54. The van der Waals surface area contributed by atoms with E-state index in [1.807, 2.05) is 6.92 Å². The first kappa shape index (κ1) is 12.6. The highest BCUT2D eigenvalue weighted by molar-refractivity contribution is 7.93. The lowest BCUT2D eigenvalue weighted by molar-refractivity contribution is 0.601. The highest BCUT2D eigenvalue weighted by Crippen LogP contribution is 2.28. The number of aryl methyl sites for hydroxylation is 1. The van der Waals surface area contributed by atoms with E-state index in [1.54, 1.807) is 24.3 Å². The zero-order valence-electron chi connectivity index (χ0n) is 10.3. The molecule has 0 bridgehead atoms. The number of benzene rings is 1. The number of fused-ring (bicyclic) bond motifs is 1. The molecule has 2 aromatic rings. The van der Waals surface area contributed by atoms with Crippen molar-refractivity contribution in [2.75, 3.05) is 4.72 Å². The zero-order chi connectivity index (χ0) is 13.5. The summed E-state index contributed by atoms with van der Waals surface area (Å²) < 4.78 is 26.9. The van der Waals surface area contributed by atoms with Crippen LogP contribution in [0.4, 0.5) is 5.13 Å². The topological polar surface area (TPSA) is 71.1 Å². The summed E-state index contributed by atoms with van der Waals surface area (Å²) in [5.74, 6) is 0. The molecule has 100 valence electrons. The molecule has 1 aliphatic rings. The van der Waals surface area contributed by atoms with E-state index >= 15 is 0 Å². The highest BCUT2D eigenvalue weighted by Gasteiger charge is 2.20. The number of hydrogen-bond donors (Lipinski definition) is 2. The summed E-state index contributed by atoms with van der Waals surface area (Å²) in [6, 6.07) is 6.75. The molecule has 0 fully saturated rings. The first-order valence-corrected chi connectivity index (χ1v) is 8.13. The molecule has 0 aliphatic carbocycles. The molecule has 1 aromatic heterocycles. The minimum atomic E-state index is -3.54. The van der Waals surface area contributed by atoms with Crippen LogP contribution in [0.5, 0.6) is 0 Å². The Morgan fingerprint density at radius 3 is 2.68 bits per heavy atom. The summed E-state index contributed by atoms with van der Waals surface area (Å²) in [5, 5.41) is 3.60. The SMILES string of the molecule is Cc1ccc(S(=O)(=O)Nc2nc3c(s2)CNC3)cc1. The Bertz CT molecular complexity index is 684. The van der Waals surface area contributed by atoms with Gasteiger partial charge in [-0.2, -0.15) is 0 Å². The van der Waals surface area contributed by atoms with Gasteiger partial charge in [0, 0.05) is 18.0 Å². The van der Waals surface area contributed by atoms with Crippen LogP contribution in [-0.2, 0) is 23.1 Å². The van der Waals surface area contributed by atoms with Crippen LogP contribution in [0, 0.1) is 6.92 Å². The van der Waals surface area contributed by atoms with Gasteiger partial charge in [-0.15, -0.1) is 0 Å². The summed E-state index contributed by atoms with van der Waals surface area (Å²) in [5.41, 5.74) is 1.96. The van der Waals surface area contributed by atoms with Gasteiger partial charge in [-0.25, -0.2) is 13.4 Å². The van der Waals surface area contributed by atoms with Crippen LogP contribution in [-0.4, -0.2) is 13.4 Å². The summed E-state index contributed by atoms with van der Waals surface area (Å²) in [6.07, 6.45) is 0. The van der Waals surface area contributed by atoms with Gasteiger partial charge in [-0.1, -0.05) is 29.0 Å². The molecule has 0 atom stereocenters. The van der Waals surface area contributed by atoms with Crippen LogP contribution in [0.1, 0.15) is 16.1 Å².